The number of nitro groups is 1. The first-order chi connectivity index (χ1) is 10.7. The predicted octanol–water partition coefficient (Wildman–Crippen LogP) is 4.82. The molecular formula is C18H17NO3. The number of benzene rings is 2. The molecule has 0 atom stereocenters. The Kier molecular flexibility index (Phi) is 5.09. The number of rotatable bonds is 7. The second-order valence-electron chi connectivity index (χ2n) is 4.67. The average Bonchev–Trinajstić information content (AvgIpc) is 2.53. The first-order valence-corrected chi connectivity index (χ1v) is 6.90. The van der Waals surface area contributed by atoms with Crippen molar-refractivity contribution in [2.75, 3.05) is 6.61 Å². The quantitative estimate of drug-likeness (QED) is 0.418. The van der Waals surface area contributed by atoms with E-state index in [9.17, 15) is 10.1 Å². The largest absolute Gasteiger partial charge is 0.493 e. The Morgan fingerprint density at radius 1 is 1.18 bits per heavy atom. The maximum absolute atomic E-state index is 11.1. The minimum absolute atomic E-state index is 0.0845. The standard InChI is InChI=1S/C18H17NO3/c1-3-7-14(4-2)12-13-22-18-11-10-17(19(20)21)15-8-5-6-9-16(15)18/h3-11H,1-2,12-13H2/b14-7+. The van der Waals surface area contributed by atoms with Crippen LogP contribution in [-0.2, 0) is 0 Å². The summed E-state index contributed by atoms with van der Waals surface area (Å²) in [6.45, 7) is 7.86. The van der Waals surface area contributed by atoms with Gasteiger partial charge in [-0.25, -0.2) is 0 Å². The summed E-state index contributed by atoms with van der Waals surface area (Å²) in [5.74, 6) is 0.642. The number of hydrogen-bond donors (Lipinski definition) is 0. The summed E-state index contributed by atoms with van der Waals surface area (Å²) in [6.07, 6.45) is 6.04. The Morgan fingerprint density at radius 3 is 2.55 bits per heavy atom. The fraction of sp³-hybridized carbons (Fsp3) is 0.111. The van der Waals surface area contributed by atoms with Gasteiger partial charge in [0.05, 0.1) is 16.9 Å². The highest BCUT2D eigenvalue weighted by molar-refractivity contribution is 5.95. The number of ether oxygens (including phenoxy) is 1. The number of hydrogen-bond acceptors (Lipinski definition) is 3. The van der Waals surface area contributed by atoms with Crippen LogP contribution in [0.15, 0.2) is 73.4 Å². The predicted molar refractivity (Wildman–Crippen MR) is 89.2 cm³/mol. The second-order valence-corrected chi connectivity index (χ2v) is 4.67. The van der Waals surface area contributed by atoms with Crippen molar-refractivity contribution in [1.29, 1.82) is 0 Å². The summed E-state index contributed by atoms with van der Waals surface area (Å²) < 4.78 is 5.79. The van der Waals surface area contributed by atoms with Crippen LogP contribution in [0, 0.1) is 10.1 Å². The van der Waals surface area contributed by atoms with Gasteiger partial charge in [0.1, 0.15) is 5.75 Å². The fourth-order valence-electron chi connectivity index (χ4n) is 2.22. The van der Waals surface area contributed by atoms with Crippen LogP contribution < -0.4 is 4.74 Å². The van der Waals surface area contributed by atoms with Crippen molar-refractivity contribution in [3.63, 3.8) is 0 Å². The third-order valence-corrected chi connectivity index (χ3v) is 3.30. The molecule has 0 saturated carbocycles. The highest BCUT2D eigenvalue weighted by Gasteiger charge is 2.14. The molecule has 0 spiro atoms. The first kappa shape index (κ1) is 15.5. The van der Waals surface area contributed by atoms with E-state index in [-0.39, 0.29) is 10.6 Å². The number of nitro benzene ring substituents is 1. The third-order valence-electron chi connectivity index (χ3n) is 3.30. The van der Waals surface area contributed by atoms with Gasteiger partial charge in [-0.1, -0.05) is 49.6 Å². The molecule has 0 unspecified atom stereocenters. The van der Waals surface area contributed by atoms with Gasteiger partial charge in [0.15, 0.2) is 0 Å². The molecule has 112 valence electrons. The van der Waals surface area contributed by atoms with E-state index in [1.54, 1.807) is 30.4 Å². The fourth-order valence-corrected chi connectivity index (χ4v) is 2.22. The summed E-state index contributed by atoms with van der Waals surface area (Å²) in [5.41, 5.74) is 1.11. The molecule has 4 heteroatoms. The van der Waals surface area contributed by atoms with Gasteiger partial charge in [-0.15, -0.1) is 0 Å². The highest BCUT2D eigenvalue weighted by atomic mass is 16.6. The molecule has 0 amide bonds. The van der Waals surface area contributed by atoms with Crippen LogP contribution >= 0.6 is 0 Å². The molecule has 0 saturated heterocycles. The van der Waals surface area contributed by atoms with Crippen LogP contribution in [0.5, 0.6) is 5.75 Å². The summed E-state index contributed by atoms with van der Waals surface area (Å²) in [4.78, 5) is 10.7. The third kappa shape index (κ3) is 3.41. The number of fused-ring (bicyclic) bond motifs is 1. The lowest BCUT2D eigenvalue weighted by atomic mass is 10.1. The molecule has 4 nitrogen and oxygen atoms in total. The number of nitrogens with zero attached hydrogens (tertiary/aromatic N) is 1. The van der Waals surface area contributed by atoms with E-state index in [2.05, 4.69) is 13.2 Å². The van der Waals surface area contributed by atoms with Gasteiger partial charge in [-0.2, -0.15) is 0 Å². The molecule has 2 aromatic rings. The summed E-state index contributed by atoms with van der Waals surface area (Å²) >= 11 is 0. The Balaban J connectivity index is 2.24. The SMILES string of the molecule is C=C/C=C(\C=C)CCOc1ccc([N+](=O)[O-])c2ccccc12. The van der Waals surface area contributed by atoms with Crippen molar-refractivity contribution in [2.24, 2.45) is 0 Å². The molecule has 0 heterocycles. The Morgan fingerprint density at radius 2 is 1.91 bits per heavy atom. The van der Waals surface area contributed by atoms with Crippen LogP contribution in [0.3, 0.4) is 0 Å². The molecule has 0 N–H and O–H groups in total. The smallest absolute Gasteiger partial charge is 0.277 e. The summed E-state index contributed by atoms with van der Waals surface area (Å²) in [7, 11) is 0. The molecule has 2 aromatic carbocycles. The van der Waals surface area contributed by atoms with Crippen LogP contribution in [-0.4, -0.2) is 11.5 Å². The van der Waals surface area contributed by atoms with Crippen molar-refractivity contribution in [3.8, 4) is 5.75 Å². The summed E-state index contributed by atoms with van der Waals surface area (Å²) in [5, 5.41) is 12.4. The van der Waals surface area contributed by atoms with Gasteiger partial charge in [-0.3, -0.25) is 10.1 Å². The average molecular weight is 295 g/mol. The number of non-ortho nitro benzene ring substituents is 1. The van der Waals surface area contributed by atoms with Crippen molar-refractivity contribution in [2.45, 2.75) is 6.42 Å². The Bertz CT molecular complexity index is 747. The maximum Gasteiger partial charge on any atom is 0.277 e. The van der Waals surface area contributed by atoms with E-state index in [0.29, 0.717) is 24.2 Å². The molecule has 0 aliphatic heterocycles. The second kappa shape index (κ2) is 7.22. The van der Waals surface area contributed by atoms with E-state index in [0.717, 1.165) is 11.0 Å². The zero-order valence-corrected chi connectivity index (χ0v) is 12.2. The number of allylic oxidation sites excluding steroid dienone is 3. The van der Waals surface area contributed by atoms with Gasteiger partial charge >= 0.3 is 0 Å². The molecule has 0 aromatic heterocycles. The van der Waals surface area contributed by atoms with Crippen molar-refractivity contribution in [1.82, 2.24) is 0 Å². The summed E-state index contributed by atoms with van der Waals surface area (Å²) in [6, 6.07) is 10.3. The van der Waals surface area contributed by atoms with Crippen molar-refractivity contribution in [3.05, 3.63) is 83.5 Å². The van der Waals surface area contributed by atoms with Crippen molar-refractivity contribution >= 4 is 16.5 Å². The molecule has 0 aliphatic rings. The first-order valence-electron chi connectivity index (χ1n) is 6.90. The zero-order valence-electron chi connectivity index (χ0n) is 12.2. The minimum atomic E-state index is -0.380. The molecular weight excluding hydrogens is 278 g/mol. The molecule has 0 bridgehead atoms. The molecule has 0 fully saturated rings. The van der Waals surface area contributed by atoms with Gasteiger partial charge < -0.3 is 4.74 Å². The van der Waals surface area contributed by atoms with Gasteiger partial charge in [0.2, 0.25) is 0 Å². The van der Waals surface area contributed by atoms with Gasteiger partial charge in [0, 0.05) is 17.9 Å². The lowest BCUT2D eigenvalue weighted by Gasteiger charge is -2.10. The molecule has 0 radical (unpaired) electrons. The molecule has 22 heavy (non-hydrogen) atoms. The lowest BCUT2D eigenvalue weighted by Crippen LogP contribution is -1.99. The van der Waals surface area contributed by atoms with Gasteiger partial charge in [-0.05, 0) is 17.7 Å². The van der Waals surface area contributed by atoms with E-state index in [1.165, 1.54) is 6.07 Å². The van der Waals surface area contributed by atoms with E-state index in [1.807, 2.05) is 18.2 Å². The van der Waals surface area contributed by atoms with Crippen LogP contribution in [0.25, 0.3) is 10.8 Å². The topological polar surface area (TPSA) is 52.4 Å². The Hall–Kier alpha value is -2.88. The minimum Gasteiger partial charge on any atom is -0.493 e. The maximum atomic E-state index is 11.1. The van der Waals surface area contributed by atoms with Gasteiger partial charge in [0.25, 0.3) is 5.69 Å². The Labute approximate surface area is 129 Å². The molecule has 0 aliphatic carbocycles. The lowest BCUT2D eigenvalue weighted by molar-refractivity contribution is -0.383. The van der Waals surface area contributed by atoms with E-state index < -0.39 is 0 Å². The zero-order chi connectivity index (χ0) is 15.9. The van der Waals surface area contributed by atoms with Crippen LogP contribution in [0.2, 0.25) is 0 Å². The normalized spacial score (nSPS) is 11.2. The van der Waals surface area contributed by atoms with E-state index >= 15 is 0 Å². The van der Waals surface area contributed by atoms with Crippen LogP contribution in [0.1, 0.15) is 6.42 Å². The van der Waals surface area contributed by atoms with E-state index in [4.69, 9.17) is 4.74 Å². The monoisotopic (exact) mass is 295 g/mol. The highest BCUT2D eigenvalue weighted by Crippen LogP contribution is 2.32. The van der Waals surface area contributed by atoms with Crippen molar-refractivity contribution < 1.29 is 9.66 Å². The van der Waals surface area contributed by atoms with Crippen LogP contribution in [0.4, 0.5) is 5.69 Å². The molecule has 2 rings (SSSR count).